The van der Waals surface area contributed by atoms with E-state index in [-0.39, 0.29) is 12.6 Å². The number of carbonyl (C=O) groups is 1. The lowest BCUT2D eigenvalue weighted by atomic mass is 10.1. The van der Waals surface area contributed by atoms with Crippen LogP contribution in [0.3, 0.4) is 0 Å². The van der Waals surface area contributed by atoms with Gasteiger partial charge >= 0.3 is 6.09 Å². The van der Waals surface area contributed by atoms with Crippen LogP contribution in [-0.4, -0.2) is 11.1 Å². The Balaban J connectivity index is 1.83. The molecule has 0 saturated heterocycles. The van der Waals surface area contributed by atoms with E-state index in [0.29, 0.717) is 5.15 Å². The number of aromatic nitrogens is 1. The molecule has 104 valence electrons. The maximum absolute atomic E-state index is 11.7. The Labute approximate surface area is 122 Å². The van der Waals surface area contributed by atoms with Gasteiger partial charge in [0.2, 0.25) is 0 Å². The lowest BCUT2D eigenvalue weighted by Gasteiger charge is -2.14. The van der Waals surface area contributed by atoms with Crippen molar-refractivity contribution in [2.75, 3.05) is 0 Å². The number of ether oxygens (including phenoxy) is 1. The van der Waals surface area contributed by atoms with Gasteiger partial charge in [0, 0.05) is 6.20 Å². The van der Waals surface area contributed by atoms with Crippen LogP contribution in [0.25, 0.3) is 0 Å². The van der Waals surface area contributed by atoms with Crippen LogP contribution in [0.1, 0.15) is 24.1 Å². The molecule has 0 bridgehead atoms. The summed E-state index contributed by atoms with van der Waals surface area (Å²) in [5.74, 6) is 0. The third-order valence-corrected chi connectivity index (χ3v) is 3.02. The summed E-state index contributed by atoms with van der Waals surface area (Å²) in [7, 11) is 0. The van der Waals surface area contributed by atoms with Crippen LogP contribution in [0, 0.1) is 0 Å². The lowest BCUT2D eigenvalue weighted by molar-refractivity contribution is 0.136. The average Bonchev–Trinajstić information content (AvgIpc) is 2.47. The predicted molar refractivity (Wildman–Crippen MR) is 77.4 cm³/mol. The first-order valence-corrected chi connectivity index (χ1v) is 6.61. The number of hydrogen-bond donors (Lipinski definition) is 1. The first kappa shape index (κ1) is 14.3. The third kappa shape index (κ3) is 4.24. The number of halogens is 1. The SMILES string of the molecule is CC(NC(=O)OCc1ccccc1)c1ccc(Cl)nc1. The van der Waals surface area contributed by atoms with Crippen LogP contribution < -0.4 is 5.32 Å². The summed E-state index contributed by atoms with van der Waals surface area (Å²) in [5.41, 5.74) is 1.81. The maximum atomic E-state index is 11.7. The van der Waals surface area contributed by atoms with Crippen molar-refractivity contribution in [3.8, 4) is 0 Å². The fourth-order valence-corrected chi connectivity index (χ4v) is 1.78. The zero-order valence-electron chi connectivity index (χ0n) is 11.0. The molecule has 4 nitrogen and oxygen atoms in total. The number of pyridine rings is 1. The van der Waals surface area contributed by atoms with Gasteiger partial charge in [0.1, 0.15) is 11.8 Å². The van der Waals surface area contributed by atoms with Gasteiger partial charge in [-0.3, -0.25) is 0 Å². The molecule has 0 aliphatic rings. The Morgan fingerprint density at radius 2 is 2.05 bits per heavy atom. The van der Waals surface area contributed by atoms with Gasteiger partial charge in [-0.2, -0.15) is 0 Å². The molecule has 1 atom stereocenters. The normalized spacial score (nSPS) is 11.7. The number of amides is 1. The average molecular weight is 291 g/mol. The van der Waals surface area contributed by atoms with E-state index >= 15 is 0 Å². The Kier molecular flexibility index (Phi) is 4.96. The molecule has 2 rings (SSSR count). The van der Waals surface area contributed by atoms with E-state index in [9.17, 15) is 4.79 Å². The molecular formula is C15H15ClN2O2. The largest absolute Gasteiger partial charge is 0.445 e. The van der Waals surface area contributed by atoms with Gasteiger partial charge in [0.05, 0.1) is 6.04 Å². The number of hydrogen-bond acceptors (Lipinski definition) is 3. The van der Waals surface area contributed by atoms with Crippen molar-refractivity contribution in [1.82, 2.24) is 10.3 Å². The molecule has 20 heavy (non-hydrogen) atoms. The van der Waals surface area contributed by atoms with Crippen LogP contribution in [-0.2, 0) is 11.3 Å². The highest BCUT2D eigenvalue weighted by atomic mass is 35.5. The van der Waals surface area contributed by atoms with E-state index in [4.69, 9.17) is 16.3 Å². The van der Waals surface area contributed by atoms with Crippen LogP contribution >= 0.6 is 11.6 Å². The van der Waals surface area contributed by atoms with Gasteiger partial charge in [0.25, 0.3) is 0 Å². The molecule has 0 fully saturated rings. The van der Waals surface area contributed by atoms with E-state index in [1.54, 1.807) is 12.3 Å². The van der Waals surface area contributed by atoms with Crippen molar-refractivity contribution >= 4 is 17.7 Å². The van der Waals surface area contributed by atoms with Crippen LogP contribution in [0.4, 0.5) is 4.79 Å². The molecule has 1 heterocycles. The van der Waals surface area contributed by atoms with Gasteiger partial charge in [-0.25, -0.2) is 9.78 Å². The molecule has 1 N–H and O–H groups in total. The third-order valence-electron chi connectivity index (χ3n) is 2.80. The highest BCUT2D eigenvalue weighted by molar-refractivity contribution is 6.29. The fourth-order valence-electron chi connectivity index (χ4n) is 1.67. The molecule has 5 heteroatoms. The fraction of sp³-hybridized carbons (Fsp3) is 0.200. The lowest BCUT2D eigenvalue weighted by Crippen LogP contribution is -2.27. The molecule has 1 unspecified atom stereocenters. The predicted octanol–water partition coefficient (Wildman–Crippen LogP) is 3.72. The molecular weight excluding hydrogens is 276 g/mol. The number of nitrogens with zero attached hydrogens (tertiary/aromatic N) is 1. The van der Waals surface area contributed by atoms with Crippen molar-refractivity contribution in [3.63, 3.8) is 0 Å². The highest BCUT2D eigenvalue weighted by Crippen LogP contribution is 2.13. The highest BCUT2D eigenvalue weighted by Gasteiger charge is 2.10. The van der Waals surface area contributed by atoms with Gasteiger partial charge < -0.3 is 10.1 Å². The first-order chi connectivity index (χ1) is 9.65. The van der Waals surface area contributed by atoms with Gasteiger partial charge in [-0.1, -0.05) is 48.0 Å². The number of benzene rings is 1. The van der Waals surface area contributed by atoms with E-state index in [1.165, 1.54) is 0 Å². The second-order valence-electron chi connectivity index (χ2n) is 4.34. The minimum absolute atomic E-state index is 0.192. The number of carbonyl (C=O) groups excluding carboxylic acids is 1. The van der Waals surface area contributed by atoms with Crippen molar-refractivity contribution < 1.29 is 9.53 Å². The zero-order valence-corrected chi connectivity index (χ0v) is 11.8. The Hall–Kier alpha value is -2.07. The molecule has 2 aromatic rings. The van der Waals surface area contributed by atoms with Gasteiger partial charge in [0.15, 0.2) is 0 Å². The summed E-state index contributed by atoms with van der Waals surface area (Å²) in [6, 6.07) is 12.8. The quantitative estimate of drug-likeness (QED) is 0.873. The summed E-state index contributed by atoms with van der Waals surface area (Å²) in [4.78, 5) is 15.7. The summed E-state index contributed by atoms with van der Waals surface area (Å²) >= 11 is 5.72. The molecule has 1 aromatic heterocycles. The van der Waals surface area contributed by atoms with Crippen molar-refractivity contribution in [1.29, 1.82) is 0 Å². The minimum atomic E-state index is -0.462. The first-order valence-electron chi connectivity index (χ1n) is 6.24. The summed E-state index contributed by atoms with van der Waals surface area (Å²) < 4.78 is 5.15. The van der Waals surface area contributed by atoms with E-state index < -0.39 is 6.09 Å². The Morgan fingerprint density at radius 1 is 1.30 bits per heavy atom. The maximum Gasteiger partial charge on any atom is 0.407 e. The Morgan fingerprint density at radius 3 is 2.70 bits per heavy atom. The molecule has 0 radical (unpaired) electrons. The van der Waals surface area contributed by atoms with Crippen molar-refractivity contribution in [2.45, 2.75) is 19.6 Å². The van der Waals surface area contributed by atoms with E-state index in [2.05, 4.69) is 10.3 Å². The Bertz CT molecular complexity index is 558. The van der Waals surface area contributed by atoms with Crippen LogP contribution in [0.5, 0.6) is 0 Å². The molecule has 0 aliphatic heterocycles. The molecule has 1 aromatic carbocycles. The van der Waals surface area contributed by atoms with E-state index in [0.717, 1.165) is 11.1 Å². The van der Waals surface area contributed by atoms with Crippen molar-refractivity contribution in [3.05, 3.63) is 64.9 Å². The molecule has 0 spiro atoms. The molecule has 1 amide bonds. The van der Waals surface area contributed by atoms with Gasteiger partial charge in [-0.15, -0.1) is 0 Å². The summed E-state index contributed by atoms with van der Waals surface area (Å²) in [6.07, 6.45) is 1.17. The number of rotatable bonds is 4. The monoisotopic (exact) mass is 290 g/mol. The smallest absolute Gasteiger partial charge is 0.407 e. The summed E-state index contributed by atoms with van der Waals surface area (Å²) in [5, 5.41) is 3.17. The zero-order chi connectivity index (χ0) is 14.4. The van der Waals surface area contributed by atoms with Gasteiger partial charge in [-0.05, 0) is 24.1 Å². The van der Waals surface area contributed by atoms with Crippen molar-refractivity contribution in [2.24, 2.45) is 0 Å². The molecule has 0 saturated carbocycles. The minimum Gasteiger partial charge on any atom is -0.445 e. The second-order valence-corrected chi connectivity index (χ2v) is 4.73. The standard InChI is InChI=1S/C15H15ClN2O2/c1-11(13-7-8-14(16)17-9-13)18-15(19)20-10-12-5-3-2-4-6-12/h2-9,11H,10H2,1H3,(H,18,19). The number of nitrogens with one attached hydrogen (secondary N) is 1. The summed E-state index contributed by atoms with van der Waals surface area (Å²) in [6.45, 7) is 2.10. The van der Waals surface area contributed by atoms with Crippen LogP contribution in [0.2, 0.25) is 5.15 Å². The number of alkyl carbamates (subject to hydrolysis) is 1. The molecule has 0 aliphatic carbocycles. The second kappa shape index (κ2) is 6.91. The topological polar surface area (TPSA) is 51.2 Å². The van der Waals surface area contributed by atoms with Crippen LogP contribution in [0.15, 0.2) is 48.7 Å². The van der Waals surface area contributed by atoms with E-state index in [1.807, 2.05) is 43.3 Å².